The molecule has 51 heavy (non-hydrogen) atoms. The van der Waals surface area contributed by atoms with Crippen molar-refractivity contribution in [3.05, 3.63) is 124 Å². The number of methoxy groups -OCH3 is 1. The normalized spacial score (nSPS) is 24.6. The van der Waals surface area contributed by atoms with Crippen LogP contribution in [0.1, 0.15) is 90.9 Å². The van der Waals surface area contributed by atoms with Gasteiger partial charge in [-0.25, -0.2) is 0 Å². The van der Waals surface area contributed by atoms with E-state index in [0.29, 0.717) is 62.1 Å². The van der Waals surface area contributed by atoms with Crippen molar-refractivity contribution in [2.75, 3.05) is 26.8 Å². The minimum absolute atomic E-state index is 0.0896. The van der Waals surface area contributed by atoms with E-state index < -0.39 is 23.2 Å². The zero-order valence-corrected chi connectivity index (χ0v) is 30.2. The summed E-state index contributed by atoms with van der Waals surface area (Å²) in [4.78, 5) is 16.5. The van der Waals surface area contributed by atoms with E-state index in [-0.39, 0.29) is 24.9 Å². The number of benzene rings is 4. The van der Waals surface area contributed by atoms with E-state index in [1.807, 2.05) is 30.3 Å². The van der Waals surface area contributed by atoms with Crippen LogP contribution in [0.5, 0.6) is 5.75 Å². The number of fused-ring (bicyclic) bond motifs is 9. The second-order valence-electron chi connectivity index (χ2n) is 15.1. The van der Waals surface area contributed by atoms with Gasteiger partial charge in [0.2, 0.25) is 0 Å². The van der Waals surface area contributed by atoms with Crippen molar-refractivity contribution in [2.24, 2.45) is 5.41 Å². The van der Waals surface area contributed by atoms with Crippen LogP contribution in [0.25, 0.3) is 10.8 Å². The van der Waals surface area contributed by atoms with Crippen molar-refractivity contribution < 1.29 is 30.0 Å². The van der Waals surface area contributed by atoms with E-state index in [9.17, 15) is 25.2 Å². The van der Waals surface area contributed by atoms with Gasteiger partial charge in [-0.3, -0.25) is 9.69 Å². The smallest absolute Gasteiger partial charge is 0.193 e. The van der Waals surface area contributed by atoms with E-state index in [0.717, 1.165) is 40.3 Å². The molecule has 3 aliphatic carbocycles. The zero-order valence-electron chi connectivity index (χ0n) is 30.2. The number of aliphatic hydroxyl groups excluding tert-OH is 3. The first-order chi connectivity index (χ1) is 24.5. The lowest BCUT2D eigenvalue weighted by atomic mass is 9.64. The fraction of sp³-hybridized carbons (Fsp3) is 0.432. The molecule has 4 aromatic carbocycles. The van der Waals surface area contributed by atoms with Crippen LogP contribution in [0, 0.1) is 5.41 Å². The van der Waals surface area contributed by atoms with Crippen LogP contribution >= 0.6 is 0 Å². The predicted molar refractivity (Wildman–Crippen MR) is 202 cm³/mol. The molecule has 0 aliphatic heterocycles. The SMILES string of the molecule is COc1ccc(C(=O)c2cc3ccc2[C@@H]2CC[C@@](O)(CN(Cc4cccc5ccccc45)C[C@H](O)CO)[C@@]2(C)CCC=C(C)CC[C@H](O)C3)cc1. The monoisotopic (exact) mass is 691 g/mol. The minimum atomic E-state index is -1.16. The highest BCUT2D eigenvalue weighted by molar-refractivity contribution is 6.10. The summed E-state index contributed by atoms with van der Waals surface area (Å²) in [5.74, 6) is 0.458. The molecule has 0 spiro atoms. The molecule has 0 saturated heterocycles. The van der Waals surface area contributed by atoms with E-state index in [1.54, 1.807) is 31.4 Å². The third-order valence-electron chi connectivity index (χ3n) is 11.7. The molecule has 0 aromatic heterocycles. The van der Waals surface area contributed by atoms with Crippen LogP contribution in [0.15, 0.2) is 96.6 Å². The molecule has 0 radical (unpaired) electrons. The lowest BCUT2D eigenvalue weighted by Crippen LogP contribution is -2.53. The van der Waals surface area contributed by atoms with Gasteiger partial charge in [0.15, 0.2) is 5.78 Å². The number of ketones is 1. The fourth-order valence-corrected chi connectivity index (χ4v) is 8.68. The van der Waals surface area contributed by atoms with E-state index >= 15 is 0 Å². The van der Waals surface area contributed by atoms with Crippen LogP contribution in [0.3, 0.4) is 0 Å². The molecular formula is C44H53NO6. The topological polar surface area (TPSA) is 110 Å². The molecule has 0 unspecified atom stereocenters. The highest BCUT2D eigenvalue weighted by Crippen LogP contribution is 2.59. The number of hydrogen-bond acceptors (Lipinski definition) is 7. The maximum absolute atomic E-state index is 14.4. The number of carbonyl (C=O) groups is 1. The summed E-state index contributed by atoms with van der Waals surface area (Å²) >= 11 is 0. The molecule has 3 aliphatic rings. The second-order valence-corrected chi connectivity index (χ2v) is 15.1. The summed E-state index contributed by atoms with van der Waals surface area (Å²) in [6, 6.07) is 27.7. The molecule has 2 bridgehead atoms. The zero-order chi connectivity index (χ0) is 36.2. The number of rotatable bonds is 10. The quantitative estimate of drug-likeness (QED) is 0.105. The Hall–Kier alpha value is -3.85. The average molecular weight is 692 g/mol. The summed E-state index contributed by atoms with van der Waals surface area (Å²) in [7, 11) is 1.60. The lowest BCUT2D eigenvalue weighted by Gasteiger charge is -2.46. The highest BCUT2D eigenvalue weighted by Gasteiger charge is 2.57. The van der Waals surface area contributed by atoms with E-state index in [2.05, 4.69) is 55.2 Å². The van der Waals surface area contributed by atoms with Crippen molar-refractivity contribution in [2.45, 2.75) is 89.1 Å². The molecule has 4 aromatic rings. The Labute approximate surface area is 302 Å². The van der Waals surface area contributed by atoms with Crippen molar-refractivity contribution >= 4 is 16.6 Å². The number of ether oxygens (including phenoxy) is 1. The molecule has 7 rings (SSSR count). The number of aliphatic hydroxyl groups is 4. The van der Waals surface area contributed by atoms with Crippen molar-refractivity contribution in [3.8, 4) is 5.75 Å². The number of allylic oxidation sites excluding steroid dienone is 2. The maximum Gasteiger partial charge on any atom is 0.193 e. The lowest BCUT2D eigenvalue weighted by molar-refractivity contribution is -0.0907. The van der Waals surface area contributed by atoms with Gasteiger partial charge < -0.3 is 25.2 Å². The van der Waals surface area contributed by atoms with Gasteiger partial charge in [-0.15, -0.1) is 0 Å². The molecule has 270 valence electrons. The molecule has 1 saturated carbocycles. The Bertz CT molecular complexity index is 1850. The molecular weight excluding hydrogens is 638 g/mol. The Morgan fingerprint density at radius 3 is 2.53 bits per heavy atom. The Balaban J connectivity index is 1.42. The second kappa shape index (κ2) is 15.8. The highest BCUT2D eigenvalue weighted by atomic mass is 16.5. The third-order valence-corrected chi connectivity index (χ3v) is 11.7. The number of hydrogen-bond donors (Lipinski definition) is 4. The Morgan fingerprint density at radius 2 is 1.76 bits per heavy atom. The van der Waals surface area contributed by atoms with Gasteiger partial charge in [0.05, 0.1) is 31.5 Å². The minimum Gasteiger partial charge on any atom is -0.497 e. The summed E-state index contributed by atoms with van der Waals surface area (Å²) in [5, 5.41) is 46.9. The van der Waals surface area contributed by atoms with Gasteiger partial charge >= 0.3 is 0 Å². The number of nitrogens with zero attached hydrogens (tertiary/aromatic N) is 1. The third kappa shape index (κ3) is 7.98. The van der Waals surface area contributed by atoms with Gasteiger partial charge in [0.1, 0.15) is 5.75 Å². The Morgan fingerprint density at radius 1 is 1.00 bits per heavy atom. The van der Waals surface area contributed by atoms with Gasteiger partial charge in [0.25, 0.3) is 0 Å². The van der Waals surface area contributed by atoms with Gasteiger partial charge in [-0.05, 0) is 116 Å². The Kier molecular flexibility index (Phi) is 11.4. The standard InChI is InChI=1S/C44H53NO6/c1-30-8-7-22-43(2)41(39-20-14-31(24-35(47)17-13-30)25-40(39)42(49)33-15-18-37(51-3)19-16-33)21-23-44(43,50)29-45(27-36(48)28-46)26-34-11-6-10-32-9-4-5-12-38(32)34/h4-6,8-12,14-16,18-20,25,35-36,41,46-48,50H,7,13,17,21-24,26-29H2,1-3H3/t35-,36-,41-,43-,44+/m0/s1. The molecule has 7 heteroatoms. The first-order valence-corrected chi connectivity index (χ1v) is 18.4. The maximum atomic E-state index is 14.4. The molecule has 0 amide bonds. The number of carbonyl (C=O) groups excluding carboxylic acids is 1. The van der Waals surface area contributed by atoms with E-state index in [1.165, 1.54) is 5.57 Å². The molecule has 1 fully saturated rings. The molecule has 0 heterocycles. The summed E-state index contributed by atoms with van der Waals surface area (Å²) in [5.41, 5.74) is 3.52. The summed E-state index contributed by atoms with van der Waals surface area (Å²) < 4.78 is 5.35. The largest absolute Gasteiger partial charge is 0.497 e. The fourth-order valence-electron chi connectivity index (χ4n) is 8.68. The average Bonchev–Trinajstić information content (AvgIpc) is 3.38. The summed E-state index contributed by atoms with van der Waals surface area (Å²) in [6.07, 6.45) is 5.28. The van der Waals surface area contributed by atoms with Gasteiger partial charge in [-0.1, -0.05) is 73.2 Å². The molecule has 5 atom stereocenters. The van der Waals surface area contributed by atoms with Gasteiger partial charge in [-0.2, -0.15) is 0 Å². The van der Waals surface area contributed by atoms with Crippen LogP contribution in [0.4, 0.5) is 0 Å². The summed E-state index contributed by atoms with van der Waals surface area (Å²) in [6.45, 7) is 4.93. The van der Waals surface area contributed by atoms with Crippen LogP contribution < -0.4 is 4.74 Å². The molecule has 7 nitrogen and oxygen atoms in total. The first kappa shape index (κ1) is 36.9. The van der Waals surface area contributed by atoms with Crippen molar-refractivity contribution in [1.82, 2.24) is 4.90 Å². The van der Waals surface area contributed by atoms with Crippen molar-refractivity contribution in [3.63, 3.8) is 0 Å². The van der Waals surface area contributed by atoms with Crippen LogP contribution in [-0.2, 0) is 13.0 Å². The van der Waals surface area contributed by atoms with Gasteiger partial charge in [0, 0.05) is 36.2 Å². The predicted octanol–water partition coefficient (Wildman–Crippen LogP) is 6.97. The first-order valence-electron chi connectivity index (χ1n) is 18.4. The van der Waals surface area contributed by atoms with Crippen molar-refractivity contribution in [1.29, 1.82) is 0 Å². The molecule has 4 N–H and O–H groups in total. The van der Waals surface area contributed by atoms with E-state index in [4.69, 9.17) is 4.74 Å². The van der Waals surface area contributed by atoms with Crippen LogP contribution in [0.2, 0.25) is 0 Å². The van der Waals surface area contributed by atoms with Crippen LogP contribution in [-0.4, -0.2) is 75.7 Å².